The minimum atomic E-state index is 0.289. The molecule has 2 rings (SSSR count). The molecular formula is C11H12BrNO2. The van der Waals surface area contributed by atoms with Gasteiger partial charge in [-0.2, -0.15) is 0 Å². The molecule has 1 aromatic carbocycles. The number of nitrogens with two attached hydrogens (primary N) is 1. The Morgan fingerprint density at radius 3 is 3.00 bits per heavy atom. The van der Waals surface area contributed by atoms with Crippen molar-refractivity contribution in [2.24, 2.45) is 5.73 Å². The maximum atomic E-state index is 9.91. The van der Waals surface area contributed by atoms with E-state index < -0.39 is 0 Å². The Labute approximate surface area is 96.0 Å². The van der Waals surface area contributed by atoms with Crippen molar-refractivity contribution in [2.75, 3.05) is 6.54 Å². The predicted octanol–water partition coefficient (Wildman–Crippen LogP) is 2.79. The number of hydrogen-bond donors (Lipinski definition) is 2. The van der Waals surface area contributed by atoms with E-state index in [0.29, 0.717) is 11.0 Å². The van der Waals surface area contributed by atoms with Crippen LogP contribution < -0.4 is 5.73 Å². The SMILES string of the molecule is NCCCc1cc2occc2c(Br)c1O. The Bertz CT molecular complexity index is 479. The van der Waals surface area contributed by atoms with Crippen LogP contribution in [0, 0.1) is 0 Å². The second kappa shape index (κ2) is 4.24. The lowest BCUT2D eigenvalue weighted by atomic mass is 10.1. The zero-order chi connectivity index (χ0) is 10.8. The predicted molar refractivity (Wildman–Crippen MR) is 63.0 cm³/mol. The summed E-state index contributed by atoms with van der Waals surface area (Å²) < 4.78 is 6.00. The summed E-state index contributed by atoms with van der Waals surface area (Å²) >= 11 is 3.36. The molecule has 1 heterocycles. The fraction of sp³-hybridized carbons (Fsp3) is 0.273. The Morgan fingerprint density at radius 2 is 2.27 bits per heavy atom. The molecule has 0 bridgehead atoms. The Hall–Kier alpha value is -1.00. The van der Waals surface area contributed by atoms with Crippen LogP contribution in [0.1, 0.15) is 12.0 Å². The quantitative estimate of drug-likeness (QED) is 0.901. The first kappa shape index (κ1) is 10.5. The minimum absolute atomic E-state index is 0.289. The molecule has 0 aliphatic carbocycles. The molecular weight excluding hydrogens is 258 g/mol. The van der Waals surface area contributed by atoms with Crippen LogP contribution in [0.15, 0.2) is 27.3 Å². The van der Waals surface area contributed by atoms with Gasteiger partial charge in [0.2, 0.25) is 0 Å². The van der Waals surface area contributed by atoms with Crippen LogP contribution in [0.2, 0.25) is 0 Å². The van der Waals surface area contributed by atoms with Crippen molar-refractivity contribution in [3.8, 4) is 5.75 Å². The van der Waals surface area contributed by atoms with E-state index >= 15 is 0 Å². The Kier molecular flexibility index (Phi) is 2.98. The highest BCUT2D eigenvalue weighted by molar-refractivity contribution is 9.10. The van der Waals surface area contributed by atoms with E-state index in [2.05, 4.69) is 15.9 Å². The number of halogens is 1. The van der Waals surface area contributed by atoms with Gasteiger partial charge in [0, 0.05) is 5.39 Å². The number of hydrogen-bond acceptors (Lipinski definition) is 3. The first-order valence-electron chi connectivity index (χ1n) is 4.81. The molecule has 4 heteroatoms. The van der Waals surface area contributed by atoms with Gasteiger partial charge in [-0.15, -0.1) is 0 Å². The zero-order valence-corrected chi connectivity index (χ0v) is 9.75. The third-order valence-electron chi connectivity index (χ3n) is 2.40. The van der Waals surface area contributed by atoms with Crippen molar-refractivity contribution in [3.05, 3.63) is 28.4 Å². The first-order valence-corrected chi connectivity index (χ1v) is 5.61. The normalized spacial score (nSPS) is 11.1. The van der Waals surface area contributed by atoms with E-state index in [1.165, 1.54) is 0 Å². The van der Waals surface area contributed by atoms with Gasteiger partial charge in [-0.1, -0.05) is 0 Å². The Morgan fingerprint density at radius 1 is 1.47 bits per heavy atom. The lowest BCUT2D eigenvalue weighted by Crippen LogP contribution is -2.00. The molecule has 0 atom stereocenters. The van der Waals surface area contributed by atoms with Gasteiger partial charge in [0.05, 0.1) is 10.7 Å². The van der Waals surface area contributed by atoms with Gasteiger partial charge in [-0.3, -0.25) is 0 Å². The second-order valence-electron chi connectivity index (χ2n) is 3.42. The van der Waals surface area contributed by atoms with Gasteiger partial charge in [0.1, 0.15) is 11.3 Å². The summed E-state index contributed by atoms with van der Waals surface area (Å²) in [4.78, 5) is 0. The lowest BCUT2D eigenvalue weighted by molar-refractivity contribution is 0.464. The zero-order valence-electron chi connectivity index (χ0n) is 8.16. The molecule has 0 aliphatic heterocycles. The summed E-state index contributed by atoms with van der Waals surface area (Å²) in [6.45, 7) is 0.618. The number of aryl methyl sites for hydroxylation is 1. The molecule has 15 heavy (non-hydrogen) atoms. The maximum Gasteiger partial charge on any atom is 0.135 e. The number of phenols is 1. The molecule has 0 saturated heterocycles. The molecule has 0 saturated carbocycles. The van der Waals surface area contributed by atoms with E-state index in [9.17, 15) is 5.11 Å². The number of aromatic hydroxyl groups is 1. The summed E-state index contributed by atoms with van der Waals surface area (Å²) in [5.41, 5.74) is 7.09. The summed E-state index contributed by atoms with van der Waals surface area (Å²) in [5.74, 6) is 0.289. The fourth-order valence-electron chi connectivity index (χ4n) is 1.59. The van der Waals surface area contributed by atoms with Crippen LogP contribution >= 0.6 is 15.9 Å². The molecule has 0 unspecified atom stereocenters. The van der Waals surface area contributed by atoms with Crippen molar-refractivity contribution >= 4 is 26.9 Å². The smallest absolute Gasteiger partial charge is 0.135 e. The molecule has 1 aromatic heterocycles. The van der Waals surface area contributed by atoms with Crippen molar-refractivity contribution in [3.63, 3.8) is 0 Å². The molecule has 2 aromatic rings. The van der Waals surface area contributed by atoms with Crippen molar-refractivity contribution in [2.45, 2.75) is 12.8 Å². The van der Waals surface area contributed by atoms with Crippen LogP contribution in [-0.4, -0.2) is 11.7 Å². The number of benzene rings is 1. The second-order valence-corrected chi connectivity index (χ2v) is 4.22. The van der Waals surface area contributed by atoms with E-state index in [0.717, 1.165) is 29.4 Å². The van der Waals surface area contributed by atoms with Crippen LogP contribution in [0.3, 0.4) is 0 Å². The molecule has 0 aliphatic rings. The van der Waals surface area contributed by atoms with E-state index in [-0.39, 0.29) is 5.75 Å². The van der Waals surface area contributed by atoms with Crippen LogP contribution in [0.4, 0.5) is 0 Å². The molecule has 0 fully saturated rings. The number of phenolic OH excluding ortho intramolecular Hbond substituents is 1. The van der Waals surface area contributed by atoms with Crippen LogP contribution in [0.5, 0.6) is 5.75 Å². The molecule has 0 spiro atoms. The van der Waals surface area contributed by atoms with Gasteiger partial charge in [0.25, 0.3) is 0 Å². The molecule has 3 N–H and O–H groups in total. The average molecular weight is 270 g/mol. The first-order chi connectivity index (χ1) is 7.24. The van der Waals surface area contributed by atoms with Gasteiger partial charge in [-0.25, -0.2) is 0 Å². The third kappa shape index (κ3) is 1.87. The largest absolute Gasteiger partial charge is 0.506 e. The summed E-state index contributed by atoms with van der Waals surface area (Å²) in [6, 6.07) is 3.69. The highest BCUT2D eigenvalue weighted by atomic mass is 79.9. The topological polar surface area (TPSA) is 59.4 Å². The van der Waals surface area contributed by atoms with Gasteiger partial charge >= 0.3 is 0 Å². The lowest BCUT2D eigenvalue weighted by Gasteiger charge is -2.06. The molecule has 80 valence electrons. The monoisotopic (exact) mass is 269 g/mol. The van der Waals surface area contributed by atoms with Gasteiger partial charge in [-0.05, 0) is 53.0 Å². The highest BCUT2D eigenvalue weighted by Gasteiger charge is 2.11. The van der Waals surface area contributed by atoms with Crippen LogP contribution in [0.25, 0.3) is 11.0 Å². The third-order valence-corrected chi connectivity index (χ3v) is 3.20. The molecule has 3 nitrogen and oxygen atoms in total. The standard InChI is InChI=1S/C11H12BrNO2/c12-10-8-3-5-15-9(8)6-7(11(10)14)2-1-4-13/h3,5-6,14H,1-2,4,13H2. The maximum absolute atomic E-state index is 9.91. The van der Waals surface area contributed by atoms with Gasteiger partial charge in [0.15, 0.2) is 0 Å². The van der Waals surface area contributed by atoms with Crippen molar-refractivity contribution in [1.82, 2.24) is 0 Å². The van der Waals surface area contributed by atoms with E-state index in [4.69, 9.17) is 10.2 Å². The summed E-state index contributed by atoms with van der Waals surface area (Å²) in [7, 11) is 0. The number of furan rings is 1. The van der Waals surface area contributed by atoms with E-state index in [1.807, 2.05) is 12.1 Å². The average Bonchev–Trinajstić information content (AvgIpc) is 2.69. The van der Waals surface area contributed by atoms with Gasteiger partial charge < -0.3 is 15.3 Å². The number of fused-ring (bicyclic) bond motifs is 1. The van der Waals surface area contributed by atoms with Crippen LogP contribution in [-0.2, 0) is 6.42 Å². The minimum Gasteiger partial charge on any atom is -0.506 e. The summed E-state index contributed by atoms with van der Waals surface area (Å²) in [6.07, 6.45) is 3.23. The molecule has 0 radical (unpaired) electrons. The Balaban J connectivity index is 2.50. The van der Waals surface area contributed by atoms with E-state index in [1.54, 1.807) is 6.26 Å². The highest BCUT2D eigenvalue weighted by Crippen LogP contribution is 2.36. The fourth-order valence-corrected chi connectivity index (χ4v) is 2.17. The molecule has 0 amide bonds. The van der Waals surface area contributed by atoms with Crippen molar-refractivity contribution < 1.29 is 9.52 Å². The number of rotatable bonds is 3. The van der Waals surface area contributed by atoms with Crippen molar-refractivity contribution in [1.29, 1.82) is 0 Å². The summed E-state index contributed by atoms with van der Waals surface area (Å²) in [5, 5.41) is 10.8.